The first-order chi connectivity index (χ1) is 8.43. The van der Waals surface area contributed by atoms with Crippen molar-refractivity contribution in [2.45, 2.75) is 6.92 Å². The molecule has 1 rings (SSSR count). The highest BCUT2D eigenvalue weighted by Gasteiger charge is 2.12. The van der Waals surface area contributed by atoms with Crippen LogP contribution in [-0.4, -0.2) is 18.5 Å². The molecular weight excluding hydrogens is 244 g/mol. The molecule has 0 fully saturated rings. The van der Waals surface area contributed by atoms with Crippen molar-refractivity contribution in [3.63, 3.8) is 0 Å². The maximum atomic E-state index is 13.5. The molecule has 0 saturated heterocycles. The first kappa shape index (κ1) is 13.7. The van der Waals surface area contributed by atoms with E-state index in [0.29, 0.717) is 0 Å². The van der Waals surface area contributed by atoms with E-state index in [1.807, 2.05) is 0 Å². The van der Waals surface area contributed by atoms with Gasteiger partial charge >= 0.3 is 0 Å². The van der Waals surface area contributed by atoms with E-state index in [4.69, 9.17) is 21.9 Å². The number of nitrogens with two attached hydrogens (primary N) is 3. The second-order valence-electron chi connectivity index (χ2n) is 3.18. The van der Waals surface area contributed by atoms with Crippen molar-refractivity contribution in [1.29, 1.82) is 0 Å². The fraction of sp³-hybridized carbons (Fsp3) is 0.200. The highest BCUT2D eigenvalue weighted by molar-refractivity contribution is 5.93. The molecule has 0 unspecified atom stereocenters. The second-order valence-corrected chi connectivity index (χ2v) is 3.18. The largest absolute Gasteiger partial charge is 0.488 e. The van der Waals surface area contributed by atoms with Crippen LogP contribution in [0.3, 0.4) is 0 Å². The quantitative estimate of drug-likeness (QED) is 0.543. The molecule has 0 aliphatic heterocycles. The van der Waals surface area contributed by atoms with Gasteiger partial charge in [0.15, 0.2) is 23.3 Å². The third-order valence-corrected chi connectivity index (χ3v) is 1.76. The summed E-state index contributed by atoms with van der Waals surface area (Å²) in [5.74, 6) is -2.83. The molecule has 0 amide bonds. The second kappa shape index (κ2) is 5.80. The van der Waals surface area contributed by atoms with E-state index >= 15 is 0 Å². The van der Waals surface area contributed by atoms with Gasteiger partial charge in [-0.25, -0.2) is 13.8 Å². The summed E-state index contributed by atoms with van der Waals surface area (Å²) in [6.45, 7) is 1.76. The minimum Gasteiger partial charge on any atom is -0.488 e. The van der Waals surface area contributed by atoms with Gasteiger partial charge in [-0.2, -0.15) is 4.99 Å². The minimum absolute atomic E-state index is 0.0593. The number of hydrogen-bond donors (Lipinski definition) is 3. The number of hydrogen-bond acceptors (Lipinski definition) is 2. The van der Waals surface area contributed by atoms with E-state index in [1.165, 1.54) is 0 Å². The Morgan fingerprint density at radius 2 is 1.78 bits per heavy atom. The highest BCUT2D eigenvalue weighted by atomic mass is 19.1. The van der Waals surface area contributed by atoms with Crippen LogP contribution in [0.15, 0.2) is 22.1 Å². The van der Waals surface area contributed by atoms with Gasteiger partial charge < -0.3 is 21.9 Å². The van der Waals surface area contributed by atoms with Gasteiger partial charge in [-0.3, -0.25) is 0 Å². The SMILES string of the molecule is CCOc1c(F)cc(N=C(N)N=C(N)N)cc1F. The van der Waals surface area contributed by atoms with E-state index < -0.39 is 17.4 Å². The molecule has 8 heteroatoms. The van der Waals surface area contributed by atoms with Gasteiger partial charge in [-0.05, 0) is 6.92 Å². The smallest absolute Gasteiger partial charge is 0.223 e. The zero-order valence-corrected chi connectivity index (χ0v) is 9.65. The lowest BCUT2D eigenvalue weighted by Gasteiger charge is -2.06. The average molecular weight is 257 g/mol. The summed E-state index contributed by atoms with van der Waals surface area (Å²) in [7, 11) is 0. The van der Waals surface area contributed by atoms with Crippen LogP contribution in [0.1, 0.15) is 6.92 Å². The van der Waals surface area contributed by atoms with Crippen molar-refractivity contribution in [3.8, 4) is 5.75 Å². The molecule has 1 aromatic carbocycles. The van der Waals surface area contributed by atoms with Crippen molar-refractivity contribution < 1.29 is 13.5 Å². The lowest BCUT2D eigenvalue weighted by atomic mass is 10.3. The summed E-state index contributed by atoms with van der Waals surface area (Å²) in [5.41, 5.74) is 15.4. The number of benzene rings is 1. The molecule has 0 aromatic heterocycles. The molecule has 6 N–H and O–H groups in total. The summed E-state index contributed by atoms with van der Waals surface area (Å²) in [4.78, 5) is 7.05. The maximum Gasteiger partial charge on any atom is 0.223 e. The normalized spacial score (nSPS) is 11.2. The summed E-state index contributed by atoms with van der Waals surface area (Å²) < 4.78 is 31.7. The molecule has 0 aliphatic rings. The summed E-state index contributed by atoms with van der Waals surface area (Å²) in [5, 5.41) is 0. The van der Waals surface area contributed by atoms with Crippen LogP contribution in [0.25, 0.3) is 0 Å². The highest BCUT2D eigenvalue weighted by Crippen LogP contribution is 2.27. The predicted octanol–water partition coefficient (Wildman–Crippen LogP) is 0.583. The van der Waals surface area contributed by atoms with Gasteiger partial charge in [0.2, 0.25) is 5.96 Å². The Morgan fingerprint density at radius 3 is 2.22 bits per heavy atom. The molecule has 1 aromatic rings. The first-order valence-corrected chi connectivity index (χ1v) is 4.99. The van der Waals surface area contributed by atoms with Crippen LogP contribution in [0, 0.1) is 11.6 Å². The van der Waals surface area contributed by atoms with Gasteiger partial charge in [0.1, 0.15) is 0 Å². The maximum absolute atomic E-state index is 13.5. The van der Waals surface area contributed by atoms with Crippen LogP contribution < -0.4 is 21.9 Å². The summed E-state index contributed by atoms with van der Waals surface area (Å²) in [6.07, 6.45) is 0. The lowest BCUT2D eigenvalue weighted by Crippen LogP contribution is -2.26. The molecule has 0 bridgehead atoms. The predicted molar refractivity (Wildman–Crippen MR) is 64.6 cm³/mol. The number of guanidine groups is 2. The molecule has 0 aliphatic carbocycles. The van der Waals surface area contributed by atoms with Crippen LogP contribution in [0.2, 0.25) is 0 Å². The molecule has 0 saturated carbocycles. The first-order valence-electron chi connectivity index (χ1n) is 4.99. The Hall–Kier alpha value is -2.38. The Labute approximate surface area is 102 Å². The van der Waals surface area contributed by atoms with Gasteiger partial charge in [0.25, 0.3) is 0 Å². The monoisotopic (exact) mass is 257 g/mol. The fourth-order valence-corrected chi connectivity index (χ4v) is 1.18. The van der Waals surface area contributed by atoms with Crippen LogP contribution in [-0.2, 0) is 0 Å². The third-order valence-electron chi connectivity index (χ3n) is 1.76. The molecule has 0 heterocycles. The number of aliphatic imine (C=N–C) groups is 2. The van der Waals surface area contributed by atoms with E-state index in [0.717, 1.165) is 12.1 Å². The number of rotatable bonds is 3. The van der Waals surface area contributed by atoms with E-state index in [-0.39, 0.29) is 24.2 Å². The molecular formula is C10H13F2N5O. The van der Waals surface area contributed by atoms with Gasteiger partial charge in [0, 0.05) is 12.1 Å². The van der Waals surface area contributed by atoms with Crippen molar-refractivity contribution in [2.75, 3.05) is 6.61 Å². The Kier molecular flexibility index (Phi) is 4.41. The van der Waals surface area contributed by atoms with Crippen molar-refractivity contribution in [1.82, 2.24) is 0 Å². The minimum atomic E-state index is -0.881. The molecule has 6 nitrogen and oxygen atoms in total. The van der Waals surface area contributed by atoms with Crippen molar-refractivity contribution in [3.05, 3.63) is 23.8 Å². The van der Waals surface area contributed by atoms with E-state index in [2.05, 4.69) is 9.98 Å². The Balaban J connectivity index is 3.10. The number of nitrogens with zero attached hydrogens (tertiary/aromatic N) is 2. The zero-order chi connectivity index (χ0) is 13.7. The molecule has 98 valence electrons. The lowest BCUT2D eigenvalue weighted by molar-refractivity contribution is 0.303. The number of halogens is 2. The zero-order valence-electron chi connectivity index (χ0n) is 9.65. The standard InChI is InChI=1S/C10H13F2N5O/c1-2-18-8-6(11)3-5(4-7(8)12)16-10(15)17-9(13)14/h3-4H,2H2,1H3,(H6,13,14,15,16,17). The number of ether oxygens (including phenoxy) is 1. The van der Waals surface area contributed by atoms with Crippen LogP contribution in [0.5, 0.6) is 5.75 Å². The fourth-order valence-electron chi connectivity index (χ4n) is 1.18. The van der Waals surface area contributed by atoms with E-state index in [1.54, 1.807) is 6.92 Å². The Bertz CT molecular complexity index is 474. The van der Waals surface area contributed by atoms with Crippen LogP contribution in [0.4, 0.5) is 14.5 Å². The molecule has 0 spiro atoms. The summed E-state index contributed by atoms with van der Waals surface area (Å²) >= 11 is 0. The Morgan fingerprint density at radius 1 is 1.22 bits per heavy atom. The van der Waals surface area contributed by atoms with Crippen molar-refractivity contribution >= 4 is 17.6 Å². The molecule has 0 radical (unpaired) electrons. The van der Waals surface area contributed by atoms with Crippen LogP contribution >= 0.6 is 0 Å². The van der Waals surface area contributed by atoms with Gasteiger partial charge in [-0.1, -0.05) is 0 Å². The third kappa shape index (κ3) is 3.58. The van der Waals surface area contributed by atoms with Crippen molar-refractivity contribution in [2.24, 2.45) is 27.2 Å². The average Bonchev–Trinajstić information content (AvgIpc) is 2.22. The van der Waals surface area contributed by atoms with Gasteiger partial charge in [-0.15, -0.1) is 0 Å². The molecule has 18 heavy (non-hydrogen) atoms. The van der Waals surface area contributed by atoms with Gasteiger partial charge in [0.05, 0.1) is 12.3 Å². The van der Waals surface area contributed by atoms with E-state index in [9.17, 15) is 8.78 Å². The topological polar surface area (TPSA) is 112 Å². The summed E-state index contributed by atoms with van der Waals surface area (Å²) in [6, 6.07) is 1.92. The molecule has 0 atom stereocenters.